The highest BCUT2D eigenvalue weighted by Crippen LogP contribution is 2.20. The molecule has 0 saturated carbocycles. The molecule has 1 saturated heterocycles. The van der Waals surface area contributed by atoms with Crippen molar-refractivity contribution in [2.75, 3.05) is 26.9 Å². The predicted molar refractivity (Wildman–Crippen MR) is 80.9 cm³/mol. The molecule has 1 fully saturated rings. The molecule has 1 aliphatic heterocycles. The summed E-state index contributed by atoms with van der Waals surface area (Å²) in [4.78, 5) is 13.7. The number of nitrogens with one attached hydrogen (secondary N) is 1. The number of rotatable bonds is 6. The number of ether oxygens (including phenoxy) is 1. The van der Waals surface area contributed by atoms with E-state index in [1.165, 1.54) is 7.11 Å². The molecule has 0 aromatic heterocycles. The predicted octanol–water partition coefficient (Wildman–Crippen LogP) is 0.256. The van der Waals surface area contributed by atoms with Gasteiger partial charge in [0, 0.05) is 32.3 Å². The molecular formula is C16H21N3O3. The highest BCUT2D eigenvalue weighted by molar-refractivity contribution is 5.77. The Morgan fingerprint density at radius 3 is 2.82 bits per heavy atom. The van der Waals surface area contributed by atoms with Gasteiger partial charge in [0.15, 0.2) is 0 Å². The van der Waals surface area contributed by atoms with Gasteiger partial charge >= 0.3 is 0 Å². The van der Waals surface area contributed by atoms with E-state index >= 15 is 0 Å². The van der Waals surface area contributed by atoms with Gasteiger partial charge in [0.2, 0.25) is 5.91 Å². The molecule has 1 aromatic rings. The maximum atomic E-state index is 11.6. The van der Waals surface area contributed by atoms with Crippen LogP contribution in [0.25, 0.3) is 0 Å². The molecule has 0 unspecified atom stereocenters. The Morgan fingerprint density at radius 1 is 1.50 bits per heavy atom. The molecule has 1 aliphatic rings. The van der Waals surface area contributed by atoms with Crippen LogP contribution in [0, 0.1) is 11.3 Å². The number of carbonyl (C=O) groups is 1. The van der Waals surface area contributed by atoms with E-state index in [1.54, 1.807) is 12.1 Å². The number of hydrogen-bond acceptors (Lipinski definition) is 5. The Hall–Kier alpha value is -1.94. The van der Waals surface area contributed by atoms with Crippen LogP contribution in [0.5, 0.6) is 0 Å². The molecule has 0 radical (unpaired) electrons. The second-order valence-electron chi connectivity index (χ2n) is 5.51. The Morgan fingerprint density at radius 2 is 2.23 bits per heavy atom. The number of nitriles is 1. The average molecular weight is 303 g/mol. The Bertz CT molecular complexity index is 539. The quantitative estimate of drug-likeness (QED) is 0.787. The first-order valence-corrected chi connectivity index (χ1v) is 7.28. The van der Waals surface area contributed by atoms with Crippen LogP contribution in [0.3, 0.4) is 0 Å². The van der Waals surface area contributed by atoms with Crippen molar-refractivity contribution in [1.82, 2.24) is 10.2 Å². The third-order valence-corrected chi connectivity index (χ3v) is 3.85. The molecule has 6 nitrogen and oxygen atoms in total. The summed E-state index contributed by atoms with van der Waals surface area (Å²) in [5, 5.41) is 21.3. The molecule has 6 heteroatoms. The van der Waals surface area contributed by atoms with Gasteiger partial charge in [-0.25, -0.2) is 0 Å². The molecule has 1 aromatic carbocycles. The zero-order valence-corrected chi connectivity index (χ0v) is 12.7. The number of hydrogen-bond donors (Lipinski definition) is 2. The molecule has 2 rings (SSSR count). The zero-order chi connectivity index (χ0) is 15.9. The standard InChI is InChI=1S/C16H21N3O3/c1-22-11-16(21)18-14-6-15(10-20)19(9-14)8-13-4-2-12(7-17)3-5-13/h2-5,14-15,20H,6,8-11H2,1H3,(H,18,21)/t14-,15-/m0/s1. The summed E-state index contributed by atoms with van der Waals surface area (Å²) in [6.07, 6.45) is 0.724. The van der Waals surface area contributed by atoms with Crippen LogP contribution in [0.1, 0.15) is 17.5 Å². The number of amides is 1. The van der Waals surface area contributed by atoms with Crippen LogP contribution in [-0.2, 0) is 16.1 Å². The minimum Gasteiger partial charge on any atom is -0.395 e. The van der Waals surface area contributed by atoms with Gasteiger partial charge in [0.25, 0.3) is 0 Å². The van der Waals surface area contributed by atoms with Crippen molar-refractivity contribution in [2.24, 2.45) is 0 Å². The largest absolute Gasteiger partial charge is 0.395 e. The molecular weight excluding hydrogens is 282 g/mol. The van der Waals surface area contributed by atoms with Gasteiger partial charge in [-0.3, -0.25) is 9.69 Å². The normalized spacial score (nSPS) is 21.5. The van der Waals surface area contributed by atoms with Crippen LogP contribution < -0.4 is 5.32 Å². The fourth-order valence-electron chi connectivity index (χ4n) is 2.79. The number of aliphatic hydroxyl groups excluding tert-OH is 1. The first-order valence-electron chi connectivity index (χ1n) is 7.28. The van der Waals surface area contributed by atoms with Crippen molar-refractivity contribution in [3.63, 3.8) is 0 Å². The lowest BCUT2D eigenvalue weighted by Gasteiger charge is -2.22. The van der Waals surface area contributed by atoms with E-state index in [9.17, 15) is 9.90 Å². The number of aliphatic hydroxyl groups is 1. The van der Waals surface area contributed by atoms with E-state index in [0.29, 0.717) is 18.7 Å². The third-order valence-electron chi connectivity index (χ3n) is 3.85. The summed E-state index contributed by atoms with van der Waals surface area (Å²) in [7, 11) is 1.49. The van der Waals surface area contributed by atoms with Gasteiger partial charge in [0.05, 0.1) is 18.2 Å². The lowest BCUT2D eigenvalue weighted by atomic mass is 10.1. The van der Waals surface area contributed by atoms with Gasteiger partial charge in [0.1, 0.15) is 6.61 Å². The van der Waals surface area contributed by atoms with E-state index < -0.39 is 0 Å². The van der Waals surface area contributed by atoms with Gasteiger partial charge in [-0.15, -0.1) is 0 Å². The molecule has 1 heterocycles. The van der Waals surface area contributed by atoms with Crippen molar-refractivity contribution in [2.45, 2.75) is 25.0 Å². The second-order valence-corrected chi connectivity index (χ2v) is 5.51. The van der Waals surface area contributed by atoms with Crippen molar-refractivity contribution >= 4 is 5.91 Å². The summed E-state index contributed by atoms with van der Waals surface area (Å²) in [5.41, 5.74) is 1.72. The molecule has 1 amide bonds. The van der Waals surface area contributed by atoms with Gasteiger partial charge in [-0.1, -0.05) is 12.1 Å². The fourth-order valence-corrected chi connectivity index (χ4v) is 2.79. The van der Waals surface area contributed by atoms with Crippen LogP contribution in [-0.4, -0.2) is 54.9 Å². The van der Waals surface area contributed by atoms with Crippen LogP contribution >= 0.6 is 0 Å². The van der Waals surface area contributed by atoms with Crippen LogP contribution in [0.15, 0.2) is 24.3 Å². The van der Waals surface area contributed by atoms with Crippen molar-refractivity contribution in [1.29, 1.82) is 5.26 Å². The van der Waals surface area contributed by atoms with Gasteiger partial charge < -0.3 is 15.2 Å². The zero-order valence-electron chi connectivity index (χ0n) is 12.7. The molecule has 0 spiro atoms. The summed E-state index contributed by atoms with van der Waals surface area (Å²) in [6.45, 7) is 1.50. The summed E-state index contributed by atoms with van der Waals surface area (Å²) >= 11 is 0. The molecule has 2 N–H and O–H groups in total. The first kappa shape index (κ1) is 16.4. The van der Waals surface area contributed by atoms with Crippen LogP contribution in [0.4, 0.5) is 0 Å². The van der Waals surface area contributed by atoms with Crippen molar-refractivity contribution in [3.8, 4) is 6.07 Å². The summed E-state index contributed by atoms with van der Waals surface area (Å²) in [6, 6.07) is 9.57. The minimum absolute atomic E-state index is 0.0261. The Kier molecular flexibility index (Phi) is 5.90. The smallest absolute Gasteiger partial charge is 0.246 e. The minimum atomic E-state index is -0.135. The second kappa shape index (κ2) is 7.90. The third kappa shape index (κ3) is 4.28. The lowest BCUT2D eigenvalue weighted by Crippen LogP contribution is -2.38. The molecule has 2 atom stereocenters. The van der Waals surface area contributed by atoms with Gasteiger partial charge in [-0.2, -0.15) is 5.26 Å². The summed E-state index contributed by atoms with van der Waals surface area (Å²) in [5.74, 6) is -0.135. The average Bonchev–Trinajstić information content (AvgIpc) is 2.89. The monoisotopic (exact) mass is 303 g/mol. The number of nitrogens with zero attached hydrogens (tertiary/aromatic N) is 2. The maximum Gasteiger partial charge on any atom is 0.246 e. The summed E-state index contributed by atoms with van der Waals surface area (Å²) < 4.78 is 4.81. The number of methoxy groups -OCH3 is 1. The topological polar surface area (TPSA) is 85.6 Å². The van der Waals surface area contributed by atoms with Crippen molar-refractivity contribution in [3.05, 3.63) is 35.4 Å². The Balaban J connectivity index is 1.94. The van der Waals surface area contributed by atoms with E-state index in [1.807, 2.05) is 12.1 Å². The van der Waals surface area contributed by atoms with Crippen LogP contribution in [0.2, 0.25) is 0 Å². The maximum absolute atomic E-state index is 11.6. The molecule has 118 valence electrons. The van der Waals surface area contributed by atoms with E-state index in [4.69, 9.17) is 10.00 Å². The number of likely N-dealkylation sites (tertiary alicyclic amines) is 1. The SMILES string of the molecule is COCC(=O)N[C@H]1C[C@@H](CO)N(Cc2ccc(C#N)cc2)C1. The van der Waals surface area contributed by atoms with E-state index in [2.05, 4.69) is 16.3 Å². The first-order chi connectivity index (χ1) is 10.7. The fraction of sp³-hybridized carbons (Fsp3) is 0.500. The van der Waals surface area contributed by atoms with Crippen molar-refractivity contribution < 1.29 is 14.6 Å². The van der Waals surface area contributed by atoms with Gasteiger partial charge in [-0.05, 0) is 24.1 Å². The highest BCUT2D eigenvalue weighted by Gasteiger charge is 2.32. The molecule has 22 heavy (non-hydrogen) atoms. The molecule has 0 aliphatic carbocycles. The lowest BCUT2D eigenvalue weighted by molar-refractivity contribution is -0.125. The number of benzene rings is 1. The highest BCUT2D eigenvalue weighted by atomic mass is 16.5. The molecule has 0 bridgehead atoms. The van der Waals surface area contributed by atoms with E-state index in [-0.39, 0.29) is 31.2 Å². The number of carbonyl (C=O) groups excluding carboxylic acids is 1. The Labute approximate surface area is 130 Å². The van der Waals surface area contributed by atoms with E-state index in [0.717, 1.165) is 12.0 Å².